The molecule has 0 bridgehead atoms. The Kier molecular flexibility index (Phi) is 6.17. The van der Waals surface area contributed by atoms with Gasteiger partial charge in [0.25, 0.3) is 0 Å². The van der Waals surface area contributed by atoms with Crippen molar-refractivity contribution in [2.45, 2.75) is 47.5 Å². The maximum absolute atomic E-state index is 12.1. The third-order valence-corrected chi connectivity index (χ3v) is 2.65. The highest BCUT2D eigenvalue weighted by molar-refractivity contribution is 5.81. The molecule has 0 saturated carbocycles. The molecule has 3 nitrogen and oxygen atoms in total. The summed E-state index contributed by atoms with van der Waals surface area (Å²) in [6, 6.07) is 0. The largest absolute Gasteiger partial charge is 0.356 e. The summed E-state index contributed by atoms with van der Waals surface area (Å²) in [5.74, 6) is 0.172. The zero-order valence-corrected chi connectivity index (χ0v) is 12.7. The van der Waals surface area contributed by atoms with E-state index in [9.17, 15) is 4.79 Å². The number of carbonyl (C=O) groups is 1. The first kappa shape index (κ1) is 16.4. The van der Waals surface area contributed by atoms with Gasteiger partial charge in [-0.05, 0) is 38.9 Å². The monoisotopic (exact) mass is 242 g/mol. The van der Waals surface area contributed by atoms with E-state index in [1.54, 1.807) is 0 Å². The number of nitrogens with zero attached hydrogens (tertiary/aromatic N) is 1. The summed E-state index contributed by atoms with van der Waals surface area (Å²) >= 11 is 0. The first-order valence-electron chi connectivity index (χ1n) is 6.48. The summed E-state index contributed by atoms with van der Waals surface area (Å²) in [4.78, 5) is 14.2. The first-order valence-corrected chi connectivity index (χ1v) is 6.48. The van der Waals surface area contributed by atoms with Gasteiger partial charge in [-0.1, -0.05) is 34.6 Å². The summed E-state index contributed by atoms with van der Waals surface area (Å²) < 4.78 is 0. The minimum absolute atomic E-state index is 0.172. The highest BCUT2D eigenvalue weighted by Gasteiger charge is 2.32. The van der Waals surface area contributed by atoms with Gasteiger partial charge in [0, 0.05) is 12.0 Å². The molecule has 0 saturated heterocycles. The number of nitrogens with one attached hydrogen (secondary N) is 1. The molecule has 3 heteroatoms. The standard InChI is InChI=1S/C14H30N2O/c1-13(2,3)11-14(4,5)12(17)15-9-8-10-16(6)7/h8-11H2,1-7H3,(H,15,17). The molecule has 0 unspecified atom stereocenters. The van der Waals surface area contributed by atoms with Crippen LogP contribution in [0.4, 0.5) is 0 Å². The van der Waals surface area contributed by atoms with Gasteiger partial charge >= 0.3 is 0 Å². The molecule has 0 aliphatic carbocycles. The molecular formula is C14H30N2O. The molecule has 0 atom stereocenters. The Labute approximate surface area is 107 Å². The van der Waals surface area contributed by atoms with Gasteiger partial charge in [-0.25, -0.2) is 0 Å². The van der Waals surface area contributed by atoms with Crippen LogP contribution < -0.4 is 5.32 Å². The Morgan fingerprint density at radius 3 is 2.06 bits per heavy atom. The Morgan fingerprint density at radius 1 is 1.12 bits per heavy atom. The van der Waals surface area contributed by atoms with Gasteiger partial charge < -0.3 is 10.2 Å². The van der Waals surface area contributed by atoms with Crippen molar-refractivity contribution in [2.75, 3.05) is 27.2 Å². The Bertz CT molecular complexity index is 239. The van der Waals surface area contributed by atoms with Crippen LogP contribution in [0, 0.1) is 10.8 Å². The summed E-state index contributed by atoms with van der Waals surface area (Å²) in [5.41, 5.74) is -0.0964. The molecule has 0 rings (SSSR count). The lowest BCUT2D eigenvalue weighted by Crippen LogP contribution is -2.40. The molecule has 0 aromatic carbocycles. The highest BCUT2D eigenvalue weighted by atomic mass is 16.2. The zero-order valence-electron chi connectivity index (χ0n) is 12.7. The van der Waals surface area contributed by atoms with Crippen LogP contribution in [0.1, 0.15) is 47.5 Å². The van der Waals surface area contributed by atoms with E-state index in [0.29, 0.717) is 0 Å². The van der Waals surface area contributed by atoms with Crippen molar-refractivity contribution in [3.63, 3.8) is 0 Å². The van der Waals surface area contributed by atoms with Crippen molar-refractivity contribution >= 4 is 5.91 Å². The number of amides is 1. The van der Waals surface area contributed by atoms with Gasteiger partial charge in [0.1, 0.15) is 0 Å². The molecule has 0 aliphatic heterocycles. The first-order chi connectivity index (χ1) is 7.54. The van der Waals surface area contributed by atoms with E-state index in [0.717, 1.165) is 25.9 Å². The van der Waals surface area contributed by atoms with Crippen molar-refractivity contribution in [1.82, 2.24) is 10.2 Å². The SMILES string of the molecule is CN(C)CCCNC(=O)C(C)(C)CC(C)(C)C. The minimum Gasteiger partial charge on any atom is -0.356 e. The van der Waals surface area contributed by atoms with E-state index in [1.165, 1.54) is 0 Å². The smallest absolute Gasteiger partial charge is 0.225 e. The van der Waals surface area contributed by atoms with E-state index in [2.05, 4.69) is 31.0 Å². The van der Waals surface area contributed by atoms with Crippen LogP contribution in [-0.4, -0.2) is 38.0 Å². The molecule has 1 N–H and O–H groups in total. The third kappa shape index (κ3) is 8.19. The van der Waals surface area contributed by atoms with Crippen molar-refractivity contribution < 1.29 is 4.79 Å². The maximum Gasteiger partial charge on any atom is 0.225 e. The molecule has 102 valence electrons. The molecule has 0 radical (unpaired) electrons. The van der Waals surface area contributed by atoms with Crippen LogP contribution in [-0.2, 0) is 4.79 Å². The van der Waals surface area contributed by atoms with Gasteiger partial charge in [0.15, 0.2) is 0 Å². The number of hydrogen-bond acceptors (Lipinski definition) is 2. The average molecular weight is 242 g/mol. The molecule has 0 spiro atoms. The molecule has 0 aromatic rings. The fraction of sp³-hybridized carbons (Fsp3) is 0.929. The number of hydrogen-bond donors (Lipinski definition) is 1. The Morgan fingerprint density at radius 2 is 1.65 bits per heavy atom. The summed E-state index contributed by atoms with van der Waals surface area (Å²) in [6.45, 7) is 12.4. The number of rotatable bonds is 6. The average Bonchev–Trinajstić information content (AvgIpc) is 2.07. The van der Waals surface area contributed by atoms with Crippen LogP contribution >= 0.6 is 0 Å². The van der Waals surface area contributed by atoms with E-state index in [1.807, 2.05) is 27.9 Å². The van der Waals surface area contributed by atoms with Gasteiger partial charge in [0.2, 0.25) is 5.91 Å². The van der Waals surface area contributed by atoms with Crippen molar-refractivity contribution in [2.24, 2.45) is 10.8 Å². The van der Waals surface area contributed by atoms with Crippen LogP contribution in [0.3, 0.4) is 0 Å². The molecule has 17 heavy (non-hydrogen) atoms. The molecule has 1 amide bonds. The minimum atomic E-state index is -0.281. The predicted octanol–water partition coefficient (Wildman–Crippen LogP) is 2.52. The van der Waals surface area contributed by atoms with Crippen molar-refractivity contribution in [3.05, 3.63) is 0 Å². The van der Waals surface area contributed by atoms with Crippen LogP contribution in [0.15, 0.2) is 0 Å². The Balaban J connectivity index is 4.04. The molecular weight excluding hydrogens is 212 g/mol. The van der Waals surface area contributed by atoms with Crippen LogP contribution in [0.2, 0.25) is 0 Å². The topological polar surface area (TPSA) is 32.3 Å². The number of carbonyl (C=O) groups excluding carboxylic acids is 1. The second-order valence-electron chi connectivity index (χ2n) is 7.03. The fourth-order valence-electron chi connectivity index (χ4n) is 2.24. The van der Waals surface area contributed by atoms with Gasteiger partial charge in [-0.15, -0.1) is 0 Å². The highest BCUT2D eigenvalue weighted by Crippen LogP contribution is 2.33. The van der Waals surface area contributed by atoms with E-state index < -0.39 is 0 Å². The lowest BCUT2D eigenvalue weighted by molar-refractivity contribution is -0.130. The predicted molar refractivity (Wildman–Crippen MR) is 74.0 cm³/mol. The molecule has 0 heterocycles. The summed E-state index contributed by atoms with van der Waals surface area (Å²) in [5, 5.41) is 3.04. The normalized spacial score (nSPS) is 12.9. The van der Waals surface area contributed by atoms with Crippen molar-refractivity contribution in [3.8, 4) is 0 Å². The third-order valence-electron chi connectivity index (χ3n) is 2.65. The zero-order chi connectivity index (χ0) is 13.7. The Hall–Kier alpha value is -0.570. The van der Waals surface area contributed by atoms with Gasteiger partial charge in [0.05, 0.1) is 0 Å². The van der Waals surface area contributed by atoms with Crippen LogP contribution in [0.5, 0.6) is 0 Å². The van der Waals surface area contributed by atoms with E-state index in [-0.39, 0.29) is 16.7 Å². The summed E-state index contributed by atoms with van der Waals surface area (Å²) in [7, 11) is 4.09. The second-order valence-corrected chi connectivity index (χ2v) is 7.03. The van der Waals surface area contributed by atoms with E-state index >= 15 is 0 Å². The van der Waals surface area contributed by atoms with E-state index in [4.69, 9.17) is 0 Å². The van der Waals surface area contributed by atoms with Gasteiger partial charge in [-0.2, -0.15) is 0 Å². The van der Waals surface area contributed by atoms with Crippen LogP contribution in [0.25, 0.3) is 0 Å². The van der Waals surface area contributed by atoms with Crippen molar-refractivity contribution in [1.29, 1.82) is 0 Å². The fourth-order valence-corrected chi connectivity index (χ4v) is 2.24. The molecule has 0 aliphatic rings. The summed E-state index contributed by atoms with van der Waals surface area (Å²) in [6.07, 6.45) is 1.91. The lowest BCUT2D eigenvalue weighted by Gasteiger charge is -2.31. The van der Waals surface area contributed by atoms with Gasteiger partial charge in [-0.3, -0.25) is 4.79 Å². The molecule has 0 aromatic heterocycles. The lowest BCUT2D eigenvalue weighted by atomic mass is 9.76. The second kappa shape index (κ2) is 6.39. The maximum atomic E-state index is 12.1. The quantitative estimate of drug-likeness (QED) is 0.726. The molecule has 0 fully saturated rings.